The molecule has 0 saturated carbocycles. The van der Waals surface area contributed by atoms with Crippen LogP contribution in [0.3, 0.4) is 0 Å². The molecule has 95 valence electrons. The van der Waals surface area contributed by atoms with E-state index in [2.05, 4.69) is 45.0 Å². The standard InChI is InChI=1S/C15H17.2CH3.Zr/c1-10-4-5-11-6-12-8-15(2,3)9-13(12)7-14(10)11;;;/h4-7H,8-9H2,1-3H3;2*1H3;/q3*-1;+3. The minimum absolute atomic E-state index is 0. The molecule has 0 fully saturated rings. The van der Waals surface area contributed by atoms with Gasteiger partial charge in [-0.15, -0.1) is 28.5 Å². The van der Waals surface area contributed by atoms with Crippen molar-refractivity contribution >= 4 is 10.8 Å². The Labute approximate surface area is 131 Å². The van der Waals surface area contributed by atoms with E-state index in [1.54, 1.807) is 11.1 Å². The van der Waals surface area contributed by atoms with Gasteiger partial charge in [-0.25, -0.2) is 0 Å². The smallest absolute Gasteiger partial charge is 0.358 e. The molecule has 0 aromatic heterocycles. The van der Waals surface area contributed by atoms with Crippen LogP contribution in [0.25, 0.3) is 10.8 Å². The summed E-state index contributed by atoms with van der Waals surface area (Å²) in [6.45, 7) is 6.93. The first-order valence-electron chi connectivity index (χ1n) is 5.73. The molecule has 0 heterocycles. The third-order valence-electron chi connectivity index (χ3n) is 3.65. The topological polar surface area (TPSA) is 0 Å². The fraction of sp³-hybridized carbons (Fsp3) is 0.353. The zero-order chi connectivity index (χ0) is 10.6. The minimum Gasteiger partial charge on any atom is -0.358 e. The maximum absolute atomic E-state index is 2.41. The molecule has 0 bridgehead atoms. The molecule has 0 unspecified atom stereocenters. The average molecular weight is 319 g/mol. The predicted octanol–water partition coefficient (Wildman–Crippen LogP) is 4.89. The fourth-order valence-electron chi connectivity index (χ4n) is 2.92. The average Bonchev–Trinajstić information content (AvgIpc) is 2.62. The molecule has 0 aliphatic heterocycles. The summed E-state index contributed by atoms with van der Waals surface area (Å²) >= 11 is 0. The molecule has 1 radical (unpaired) electrons. The first kappa shape index (κ1) is 17.7. The van der Waals surface area contributed by atoms with Gasteiger partial charge in [-0.05, 0) is 18.3 Å². The second-order valence-electron chi connectivity index (χ2n) is 5.74. The normalized spacial score (nSPS) is 15.3. The second kappa shape index (κ2) is 5.78. The molecule has 0 nitrogen and oxygen atoms in total. The number of benzene rings is 1. The van der Waals surface area contributed by atoms with Crippen LogP contribution in [0.2, 0.25) is 0 Å². The van der Waals surface area contributed by atoms with E-state index in [4.69, 9.17) is 0 Å². The van der Waals surface area contributed by atoms with Gasteiger partial charge in [0.25, 0.3) is 0 Å². The molecule has 2 aromatic rings. The van der Waals surface area contributed by atoms with Gasteiger partial charge in [-0.1, -0.05) is 31.9 Å². The summed E-state index contributed by atoms with van der Waals surface area (Å²) in [4.78, 5) is 0. The van der Waals surface area contributed by atoms with Gasteiger partial charge in [0, 0.05) is 0 Å². The Bertz CT molecular complexity index is 532. The van der Waals surface area contributed by atoms with Gasteiger partial charge in [-0.2, -0.15) is 12.1 Å². The summed E-state index contributed by atoms with van der Waals surface area (Å²) in [6, 6.07) is 9.28. The van der Waals surface area contributed by atoms with Crippen LogP contribution in [0.1, 0.15) is 30.5 Å². The summed E-state index contributed by atoms with van der Waals surface area (Å²) in [7, 11) is 0. The number of aryl methyl sites for hydroxylation is 1. The van der Waals surface area contributed by atoms with Gasteiger partial charge < -0.3 is 14.9 Å². The number of hydrogen-bond donors (Lipinski definition) is 0. The molecule has 0 saturated heterocycles. The second-order valence-corrected chi connectivity index (χ2v) is 5.74. The Balaban J connectivity index is 0.000000963. The third kappa shape index (κ3) is 2.82. The molecular weight excluding hydrogens is 295 g/mol. The number of fused-ring (bicyclic) bond motifs is 2. The van der Waals surface area contributed by atoms with Crippen LogP contribution in [0, 0.1) is 27.2 Å². The van der Waals surface area contributed by atoms with Crippen molar-refractivity contribution in [2.75, 3.05) is 0 Å². The Morgan fingerprint density at radius 1 is 1.06 bits per heavy atom. The predicted molar refractivity (Wildman–Crippen MR) is 78.3 cm³/mol. The molecule has 1 aliphatic rings. The summed E-state index contributed by atoms with van der Waals surface area (Å²) in [5, 5.41) is 2.87. The van der Waals surface area contributed by atoms with Gasteiger partial charge in [0.1, 0.15) is 0 Å². The zero-order valence-electron chi connectivity index (χ0n) is 12.2. The van der Waals surface area contributed by atoms with Gasteiger partial charge in [0.2, 0.25) is 0 Å². The van der Waals surface area contributed by atoms with Crippen LogP contribution in [0.15, 0.2) is 24.3 Å². The third-order valence-corrected chi connectivity index (χ3v) is 3.65. The molecule has 0 spiro atoms. The molecular formula is C17H23Zr. The van der Waals surface area contributed by atoms with Crippen molar-refractivity contribution in [1.82, 2.24) is 0 Å². The maximum Gasteiger partial charge on any atom is 3.00 e. The van der Waals surface area contributed by atoms with Crippen molar-refractivity contribution in [3.63, 3.8) is 0 Å². The molecule has 1 heteroatoms. The van der Waals surface area contributed by atoms with Crippen LogP contribution in [0.4, 0.5) is 0 Å². The van der Waals surface area contributed by atoms with E-state index in [-0.39, 0.29) is 41.1 Å². The Kier molecular flexibility index (Phi) is 5.69. The van der Waals surface area contributed by atoms with Crippen LogP contribution in [0.5, 0.6) is 0 Å². The Hall–Kier alpha value is -0.287. The van der Waals surface area contributed by atoms with E-state index >= 15 is 0 Å². The fourth-order valence-corrected chi connectivity index (χ4v) is 2.92. The summed E-state index contributed by atoms with van der Waals surface area (Å²) in [6.07, 6.45) is 2.48. The van der Waals surface area contributed by atoms with Crippen molar-refractivity contribution in [2.24, 2.45) is 5.41 Å². The molecule has 0 N–H and O–H groups in total. The summed E-state index contributed by atoms with van der Waals surface area (Å²) in [5.74, 6) is 0. The van der Waals surface area contributed by atoms with Crippen LogP contribution in [-0.2, 0) is 39.0 Å². The zero-order valence-corrected chi connectivity index (χ0v) is 14.7. The van der Waals surface area contributed by atoms with E-state index in [9.17, 15) is 0 Å². The van der Waals surface area contributed by atoms with Crippen molar-refractivity contribution in [3.8, 4) is 0 Å². The van der Waals surface area contributed by atoms with E-state index in [1.807, 2.05) is 0 Å². The number of rotatable bonds is 0. The van der Waals surface area contributed by atoms with Gasteiger partial charge >= 0.3 is 26.2 Å². The molecule has 2 aromatic carbocycles. The minimum atomic E-state index is 0. The van der Waals surface area contributed by atoms with Crippen molar-refractivity contribution < 1.29 is 26.2 Å². The summed E-state index contributed by atoms with van der Waals surface area (Å²) in [5.41, 5.74) is 5.02. The first-order chi connectivity index (χ1) is 7.05. The molecule has 1 aliphatic carbocycles. The van der Waals surface area contributed by atoms with Crippen LogP contribution in [-0.4, -0.2) is 0 Å². The molecule has 0 atom stereocenters. The van der Waals surface area contributed by atoms with Crippen molar-refractivity contribution in [3.05, 3.63) is 55.8 Å². The van der Waals surface area contributed by atoms with Crippen LogP contribution < -0.4 is 0 Å². The van der Waals surface area contributed by atoms with Gasteiger partial charge in [0.05, 0.1) is 0 Å². The van der Waals surface area contributed by atoms with E-state index in [0.717, 1.165) is 0 Å². The van der Waals surface area contributed by atoms with E-state index < -0.39 is 0 Å². The maximum atomic E-state index is 2.41. The molecule has 0 amide bonds. The number of hydrogen-bond acceptors (Lipinski definition) is 0. The van der Waals surface area contributed by atoms with Crippen molar-refractivity contribution in [2.45, 2.75) is 33.6 Å². The SMILES string of the molecule is C[c-]1ccc2cc3c(cc21)CC(C)(C)C3.[CH3-].[CH3-].[Zr+3]. The van der Waals surface area contributed by atoms with Crippen LogP contribution >= 0.6 is 0 Å². The van der Waals surface area contributed by atoms with Crippen molar-refractivity contribution in [1.29, 1.82) is 0 Å². The van der Waals surface area contributed by atoms with Gasteiger partial charge in [0.15, 0.2) is 0 Å². The Morgan fingerprint density at radius 3 is 2.22 bits per heavy atom. The molecule has 3 rings (SSSR count). The molecule has 18 heavy (non-hydrogen) atoms. The Morgan fingerprint density at radius 2 is 1.61 bits per heavy atom. The first-order valence-corrected chi connectivity index (χ1v) is 5.73. The van der Waals surface area contributed by atoms with Gasteiger partial charge in [-0.3, -0.25) is 0 Å². The van der Waals surface area contributed by atoms with E-state index in [0.29, 0.717) is 5.41 Å². The largest absolute Gasteiger partial charge is 3.00 e. The quantitative estimate of drug-likeness (QED) is 0.607. The van der Waals surface area contributed by atoms with E-state index in [1.165, 1.54) is 29.2 Å². The monoisotopic (exact) mass is 317 g/mol. The summed E-state index contributed by atoms with van der Waals surface area (Å²) < 4.78 is 0.